The van der Waals surface area contributed by atoms with Gasteiger partial charge in [0.25, 0.3) is 0 Å². The van der Waals surface area contributed by atoms with Crippen LogP contribution in [-0.2, 0) is 9.47 Å². The van der Waals surface area contributed by atoms with Gasteiger partial charge in [-0.1, -0.05) is 0 Å². The van der Waals surface area contributed by atoms with Gasteiger partial charge in [0.15, 0.2) is 6.23 Å². The van der Waals surface area contributed by atoms with E-state index in [4.69, 9.17) is 15.2 Å². The maximum Gasteiger partial charge on any atom is 0.351 e. The number of aromatic nitrogens is 2. The fourth-order valence-corrected chi connectivity index (χ4v) is 1.90. The third kappa shape index (κ3) is 1.89. The molecule has 0 saturated carbocycles. The largest absolute Gasteiger partial charge is 0.393 e. The normalized spacial score (nSPS) is 31.7. The molecule has 1 saturated heterocycles. The molecule has 0 aliphatic carbocycles. The smallest absolute Gasteiger partial charge is 0.351 e. The van der Waals surface area contributed by atoms with E-state index in [1.807, 2.05) is 0 Å². The summed E-state index contributed by atoms with van der Waals surface area (Å²) in [7, 11) is 1.36. The predicted molar refractivity (Wildman–Crippen MR) is 60.7 cm³/mol. The molecule has 1 aliphatic heterocycles. The van der Waals surface area contributed by atoms with E-state index in [1.54, 1.807) is 0 Å². The third-order valence-electron chi connectivity index (χ3n) is 3.11. The molecule has 3 atom stereocenters. The number of methoxy groups -OCH3 is 1. The lowest BCUT2D eigenvalue weighted by molar-refractivity contribution is -0.112. The molecule has 100 valence electrons. The van der Waals surface area contributed by atoms with Crippen molar-refractivity contribution in [2.75, 3.05) is 26.1 Å². The summed E-state index contributed by atoms with van der Waals surface area (Å²) in [4.78, 5) is 15.2. The maximum absolute atomic E-state index is 11.6. The van der Waals surface area contributed by atoms with Gasteiger partial charge >= 0.3 is 5.69 Å². The number of nitrogens with zero attached hydrogens (tertiary/aromatic N) is 2. The standard InChI is InChI=1S/C10H15N3O5/c1-17-10(4-14)5-18-8(7(10)15)13-3-2-6(11)12-9(13)16/h2-3,7-8,14-15H,4-5H2,1H3,(H2,11,12,16)/t7-,8+,10-/m0/s1. The van der Waals surface area contributed by atoms with Crippen molar-refractivity contribution in [3.8, 4) is 0 Å². The zero-order chi connectivity index (χ0) is 13.3. The number of ether oxygens (including phenoxy) is 2. The number of nitrogen functional groups attached to an aromatic ring is 1. The molecule has 0 unspecified atom stereocenters. The van der Waals surface area contributed by atoms with Crippen molar-refractivity contribution in [1.29, 1.82) is 0 Å². The summed E-state index contributed by atoms with van der Waals surface area (Å²) >= 11 is 0. The first-order valence-corrected chi connectivity index (χ1v) is 5.34. The van der Waals surface area contributed by atoms with E-state index in [-0.39, 0.29) is 12.4 Å². The molecular formula is C10H15N3O5. The fourth-order valence-electron chi connectivity index (χ4n) is 1.90. The molecule has 0 radical (unpaired) electrons. The first-order valence-electron chi connectivity index (χ1n) is 5.34. The third-order valence-corrected chi connectivity index (χ3v) is 3.11. The Morgan fingerprint density at radius 2 is 2.50 bits per heavy atom. The van der Waals surface area contributed by atoms with Gasteiger partial charge in [-0.3, -0.25) is 4.57 Å². The fraction of sp³-hybridized carbons (Fsp3) is 0.600. The maximum atomic E-state index is 11.6. The Morgan fingerprint density at radius 1 is 1.78 bits per heavy atom. The Bertz CT molecular complexity index is 485. The van der Waals surface area contributed by atoms with Crippen molar-refractivity contribution < 1.29 is 19.7 Å². The van der Waals surface area contributed by atoms with E-state index in [0.717, 1.165) is 4.57 Å². The molecule has 0 aromatic carbocycles. The zero-order valence-corrected chi connectivity index (χ0v) is 9.81. The molecule has 1 fully saturated rings. The number of nitrogens with two attached hydrogens (primary N) is 1. The van der Waals surface area contributed by atoms with Gasteiger partial charge in [0.2, 0.25) is 0 Å². The molecule has 2 heterocycles. The van der Waals surface area contributed by atoms with Gasteiger partial charge in [-0.2, -0.15) is 4.98 Å². The van der Waals surface area contributed by atoms with Crippen LogP contribution in [0.1, 0.15) is 6.23 Å². The molecule has 2 rings (SSSR count). The summed E-state index contributed by atoms with van der Waals surface area (Å²) in [5.41, 5.74) is 3.51. The summed E-state index contributed by atoms with van der Waals surface area (Å²) < 4.78 is 11.5. The Kier molecular flexibility index (Phi) is 3.35. The van der Waals surface area contributed by atoms with Crippen LogP contribution >= 0.6 is 0 Å². The Hall–Kier alpha value is -1.48. The van der Waals surface area contributed by atoms with E-state index in [2.05, 4.69) is 4.98 Å². The minimum absolute atomic E-state index is 0.0251. The molecule has 1 aromatic heterocycles. The number of anilines is 1. The van der Waals surface area contributed by atoms with Crippen LogP contribution < -0.4 is 11.4 Å². The molecule has 8 nitrogen and oxygen atoms in total. The van der Waals surface area contributed by atoms with Crippen LogP contribution in [-0.4, -0.2) is 51.8 Å². The van der Waals surface area contributed by atoms with E-state index in [0.29, 0.717) is 0 Å². The number of rotatable bonds is 3. The lowest BCUT2D eigenvalue weighted by atomic mass is 10.00. The van der Waals surface area contributed by atoms with Crippen LogP contribution in [0.2, 0.25) is 0 Å². The molecular weight excluding hydrogens is 242 g/mol. The van der Waals surface area contributed by atoms with Crippen molar-refractivity contribution >= 4 is 5.82 Å². The van der Waals surface area contributed by atoms with Crippen LogP contribution in [0.5, 0.6) is 0 Å². The van der Waals surface area contributed by atoms with E-state index in [9.17, 15) is 15.0 Å². The van der Waals surface area contributed by atoms with Crippen LogP contribution in [0, 0.1) is 0 Å². The minimum atomic E-state index is -1.23. The second kappa shape index (κ2) is 4.65. The molecule has 8 heteroatoms. The van der Waals surface area contributed by atoms with E-state index < -0.39 is 30.2 Å². The average Bonchev–Trinajstić information content (AvgIpc) is 2.68. The predicted octanol–water partition coefficient (Wildman–Crippen LogP) is -1.91. The molecule has 18 heavy (non-hydrogen) atoms. The van der Waals surface area contributed by atoms with Crippen molar-refractivity contribution in [3.05, 3.63) is 22.7 Å². The number of aliphatic hydroxyl groups is 2. The highest BCUT2D eigenvalue weighted by molar-refractivity contribution is 5.23. The summed E-state index contributed by atoms with van der Waals surface area (Å²) in [5.74, 6) is 0.0869. The second-order valence-electron chi connectivity index (χ2n) is 4.12. The molecule has 0 amide bonds. The van der Waals surface area contributed by atoms with Crippen molar-refractivity contribution in [3.63, 3.8) is 0 Å². The molecule has 0 bridgehead atoms. The van der Waals surface area contributed by atoms with Crippen LogP contribution in [0.25, 0.3) is 0 Å². The van der Waals surface area contributed by atoms with Gasteiger partial charge in [0, 0.05) is 13.3 Å². The topological polar surface area (TPSA) is 120 Å². The van der Waals surface area contributed by atoms with Gasteiger partial charge in [-0.25, -0.2) is 4.79 Å². The van der Waals surface area contributed by atoms with Gasteiger partial charge < -0.3 is 25.4 Å². The first-order chi connectivity index (χ1) is 8.54. The summed E-state index contributed by atoms with van der Waals surface area (Å²) in [5, 5.41) is 19.4. The van der Waals surface area contributed by atoms with Crippen molar-refractivity contribution in [2.24, 2.45) is 0 Å². The SMILES string of the molecule is CO[C@@]1(CO)CO[C@@H](n2ccc(N)nc2=O)[C@@H]1O. The number of aliphatic hydroxyl groups excluding tert-OH is 2. The Balaban J connectivity index is 2.34. The highest BCUT2D eigenvalue weighted by Gasteiger charge is 2.50. The highest BCUT2D eigenvalue weighted by Crippen LogP contribution is 2.33. The highest BCUT2D eigenvalue weighted by atomic mass is 16.6. The van der Waals surface area contributed by atoms with Crippen molar-refractivity contribution in [1.82, 2.24) is 9.55 Å². The molecule has 4 N–H and O–H groups in total. The Labute approximate surface area is 103 Å². The van der Waals surface area contributed by atoms with Gasteiger partial charge in [-0.15, -0.1) is 0 Å². The molecule has 1 aromatic rings. The number of hydrogen-bond acceptors (Lipinski definition) is 7. The monoisotopic (exact) mass is 257 g/mol. The summed E-state index contributed by atoms with van der Waals surface area (Å²) in [6.45, 7) is -0.443. The van der Waals surface area contributed by atoms with E-state index in [1.165, 1.54) is 19.4 Å². The van der Waals surface area contributed by atoms with Crippen molar-refractivity contribution in [2.45, 2.75) is 17.9 Å². The second-order valence-corrected chi connectivity index (χ2v) is 4.12. The van der Waals surface area contributed by atoms with Gasteiger partial charge in [0.05, 0.1) is 13.2 Å². The van der Waals surface area contributed by atoms with E-state index >= 15 is 0 Å². The van der Waals surface area contributed by atoms with Gasteiger partial charge in [0.1, 0.15) is 17.5 Å². The van der Waals surface area contributed by atoms with Crippen LogP contribution in [0.3, 0.4) is 0 Å². The average molecular weight is 257 g/mol. The lowest BCUT2D eigenvalue weighted by Gasteiger charge is -2.28. The van der Waals surface area contributed by atoms with Crippen LogP contribution in [0.4, 0.5) is 5.82 Å². The molecule has 1 aliphatic rings. The van der Waals surface area contributed by atoms with Gasteiger partial charge in [-0.05, 0) is 6.07 Å². The lowest BCUT2D eigenvalue weighted by Crippen LogP contribution is -2.48. The minimum Gasteiger partial charge on any atom is -0.393 e. The zero-order valence-electron chi connectivity index (χ0n) is 9.81. The Morgan fingerprint density at radius 3 is 3.00 bits per heavy atom. The number of hydrogen-bond donors (Lipinski definition) is 3. The summed E-state index contributed by atoms with van der Waals surface area (Å²) in [6.07, 6.45) is -0.768. The van der Waals surface area contributed by atoms with Crippen LogP contribution in [0.15, 0.2) is 17.1 Å². The first kappa shape index (κ1) is 13.0. The molecule has 0 spiro atoms. The quantitative estimate of drug-likeness (QED) is 0.578. The summed E-state index contributed by atoms with van der Waals surface area (Å²) in [6, 6.07) is 1.42.